The molecule has 1 aliphatic heterocycles. The summed E-state index contributed by atoms with van der Waals surface area (Å²) < 4.78 is 39.1. The van der Waals surface area contributed by atoms with Crippen molar-refractivity contribution >= 4 is 45.2 Å². The number of halogens is 2. The Kier molecular flexibility index (Phi) is 9.65. The van der Waals surface area contributed by atoms with Gasteiger partial charge in [-0.2, -0.15) is 0 Å². The summed E-state index contributed by atoms with van der Waals surface area (Å²) in [6.07, 6.45) is 4.78. The average Bonchev–Trinajstić information content (AvgIpc) is 3.49. The van der Waals surface area contributed by atoms with E-state index in [4.69, 9.17) is 9.72 Å². The first-order valence-electron chi connectivity index (χ1n) is 17.7. The Labute approximate surface area is 316 Å². The number of amides is 1. The van der Waals surface area contributed by atoms with Gasteiger partial charge in [0.1, 0.15) is 11.6 Å². The molecule has 1 fully saturated rings. The molecule has 0 atom stereocenters. The van der Waals surface area contributed by atoms with Gasteiger partial charge in [-0.25, -0.2) is 32.9 Å². The van der Waals surface area contributed by atoms with Crippen LogP contribution < -0.4 is 27.0 Å². The van der Waals surface area contributed by atoms with E-state index >= 15 is 4.39 Å². The van der Waals surface area contributed by atoms with E-state index in [1.54, 1.807) is 41.2 Å². The molecule has 17 heteroatoms. The number of nitrogens with one attached hydrogen (secondary N) is 2. The predicted molar refractivity (Wildman–Crippen MR) is 205 cm³/mol. The van der Waals surface area contributed by atoms with Gasteiger partial charge >= 0.3 is 5.69 Å². The van der Waals surface area contributed by atoms with Crippen molar-refractivity contribution in [3.8, 4) is 5.69 Å². The number of fused-ring (bicyclic) bond motifs is 2. The van der Waals surface area contributed by atoms with Crippen molar-refractivity contribution in [1.29, 1.82) is 0 Å². The summed E-state index contributed by atoms with van der Waals surface area (Å²) in [5.74, 6) is -1.53. The van der Waals surface area contributed by atoms with Crippen LogP contribution in [0.2, 0.25) is 0 Å². The van der Waals surface area contributed by atoms with Gasteiger partial charge < -0.3 is 19.9 Å². The average molecular weight is 761 g/mol. The van der Waals surface area contributed by atoms with Crippen LogP contribution in [-0.2, 0) is 17.8 Å². The van der Waals surface area contributed by atoms with Gasteiger partial charge in [-0.15, -0.1) is 0 Å². The first kappa shape index (κ1) is 36.0. The highest BCUT2D eigenvalue weighted by molar-refractivity contribution is 5.95. The fraction of sp³-hybridized carbons (Fsp3) is 0.205. The lowest BCUT2D eigenvalue weighted by atomic mass is 10.1. The second-order valence-corrected chi connectivity index (χ2v) is 13.1. The van der Waals surface area contributed by atoms with Crippen molar-refractivity contribution in [2.45, 2.75) is 13.1 Å². The number of rotatable bonds is 10. The van der Waals surface area contributed by atoms with Crippen LogP contribution in [0.15, 0.2) is 106 Å². The summed E-state index contributed by atoms with van der Waals surface area (Å²) in [7, 11) is 1.57. The number of H-pyrrole nitrogens is 1. The number of ether oxygens (including phenoxy) is 1. The fourth-order valence-corrected chi connectivity index (χ4v) is 6.91. The molecule has 0 spiro atoms. The van der Waals surface area contributed by atoms with Crippen LogP contribution in [0, 0.1) is 11.6 Å². The molecule has 7 aromatic rings. The van der Waals surface area contributed by atoms with Crippen molar-refractivity contribution in [3.63, 3.8) is 0 Å². The van der Waals surface area contributed by atoms with Crippen LogP contribution in [0.1, 0.15) is 15.9 Å². The number of pyridine rings is 1. The Hall–Kier alpha value is -7.01. The number of benzene rings is 3. The van der Waals surface area contributed by atoms with Gasteiger partial charge in [0.25, 0.3) is 17.0 Å². The topological polar surface area (TPSA) is 165 Å². The maximum Gasteiger partial charge on any atom is 0.329 e. The minimum Gasteiger partial charge on any atom is -0.383 e. The molecule has 3 aromatic carbocycles. The molecule has 0 aliphatic carbocycles. The Morgan fingerprint density at radius 3 is 2.43 bits per heavy atom. The van der Waals surface area contributed by atoms with Gasteiger partial charge in [0.05, 0.1) is 48.0 Å². The molecular formula is C39H34F2N10O5. The molecule has 8 rings (SSSR count). The molecule has 0 bridgehead atoms. The first-order chi connectivity index (χ1) is 27.2. The summed E-state index contributed by atoms with van der Waals surface area (Å²) in [5.41, 5.74) is 1.46. The van der Waals surface area contributed by atoms with Gasteiger partial charge in [-0.1, -0.05) is 12.1 Å². The fourth-order valence-electron chi connectivity index (χ4n) is 6.91. The normalized spacial score (nSPS) is 13.1. The Morgan fingerprint density at radius 2 is 1.68 bits per heavy atom. The molecule has 0 unspecified atom stereocenters. The number of hydrogen-bond donors (Lipinski definition) is 2. The predicted octanol–water partition coefficient (Wildman–Crippen LogP) is 3.66. The number of methoxy groups -OCH3 is 1. The number of aromatic nitrogens is 7. The minimum atomic E-state index is -0.842. The van der Waals surface area contributed by atoms with Crippen LogP contribution in [0.25, 0.3) is 27.8 Å². The number of carbonyl (C=O) groups is 1. The van der Waals surface area contributed by atoms with Crippen molar-refractivity contribution in [3.05, 3.63) is 145 Å². The van der Waals surface area contributed by atoms with Crippen LogP contribution in [0.3, 0.4) is 0 Å². The van der Waals surface area contributed by atoms with E-state index in [9.17, 15) is 23.6 Å². The molecule has 1 aliphatic rings. The lowest BCUT2D eigenvalue weighted by molar-refractivity contribution is 0.0742. The third-order valence-corrected chi connectivity index (χ3v) is 9.70. The van der Waals surface area contributed by atoms with Crippen molar-refractivity contribution in [1.82, 2.24) is 38.8 Å². The summed E-state index contributed by atoms with van der Waals surface area (Å²) in [5, 5.41) is 3.00. The number of nitrogens with zero attached hydrogens (tertiary/aromatic N) is 8. The maximum atomic E-state index is 15.1. The molecule has 4 aromatic heterocycles. The third kappa shape index (κ3) is 6.79. The molecule has 0 radical (unpaired) electrons. The summed E-state index contributed by atoms with van der Waals surface area (Å²) >= 11 is 0. The lowest BCUT2D eigenvalue weighted by Gasteiger charge is -2.36. The molecule has 1 amide bonds. The van der Waals surface area contributed by atoms with Gasteiger partial charge in [-0.3, -0.25) is 28.9 Å². The zero-order valence-electron chi connectivity index (χ0n) is 30.0. The van der Waals surface area contributed by atoms with Crippen molar-refractivity contribution < 1.29 is 18.3 Å². The summed E-state index contributed by atoms with van der Waals surface area (Å²) in [4.78, 5) is 70.9. The maximum absolute atomic E-state index is 15.1. The van der Waals surface area contributed by atoms with Crippen molar-refractivity contribution in [2.75, 3.05) is 50.1 Å². The second-order valence-electron chi connectivity index (χ2n) is 13.1. The van der Waals surface area contributed by atoms with E-state index in [1.807, 2.05) is 24.3 Å². The molecule has 56 heavy (non-hydrogen) atoms. The van der Waals surface area contributed by atoms with E-state index < -0.39 is 28.8 Å². The molecular weight excluding hydrogens is 726 g/mol. The molecule has 0 saturated carbocycles. The quantitative estimate of drug-likeness (QED) is 0.210. The van der Waals surface area contributed by atoms with E-state index in [0.717, 1.165) is 23.5 Å². The largest absolute Gasteiger partial charge is 0.383 e. The van der Waals surface area contributed by atoms with Gasteiger partial charge in [-0.05, 0) is 66.2 Å². The molecule has 2 N–H and O–H groups in total. The second kappa shape index (κ2) is 15.0. The smallest absolute Gasteiger partial charge is 0.329 e. The molecule has 5 heterocycles. The lowest BCUT2D eigenvalue weighted by Crippen LogP contribution is -2.49. The number of aromatic amines is 1. The van der Waals surface area contributed by atoms with E-state index in [1.165, 1.54) is 39.7 Å². The SMILES string of the molecule is COCCn1c(=O)c2ncc(Nc3ccc(N4CCN(C(=O)c5cc(Cn6c(=O)[nH]c(=O)c7c(F)cccc76)ccc5F)CC4)cc3)nc2n1-c1ccncc1. The zero-order chi connectivity index (χ0) is 38.9. The van der Waals surface area contributed by atoms with Gasteiger partial charge in [0, 0.05) is 57.1 Å². The van der Waals surface area contributed by atoms with E-state index in [-0.39, 0.29) is 34.1 Å². The summed E-state index contributed by atoms with van der Waals surface area (Å²) in [6, 6.07) is 19.2. The molecule has 284 valence electrons. The Bertz CT molecular complexity index is 2780. The summed E-state index contributed by atoms with van der Waals surface area (Å²) in [6.45, 7) is 2.18. The van der Waals surface area contributed by atoms with Gasteiger partial charge in [0.2, 0.25) is 0 Å². The van der Waals surface area contributed by atoms with Crippen molar-refractivity contribution in [2.24, 2.45) is 0 Å². The zero-order valence-corrected chi connectivity index (χ0v) is 30.0. The first-order valence-corrected chi connectivity index (χ1v) is 17.7. The van der Waals surface area contributed by atoms with E-state index in [2.05, 4.69) is 25.2 Å². The van der Waals surface area contributed by atoms with Crippen LogP contribution in [-0.4, -0.2) is 84.6 Å². The highest BCUT2D eigenvalue weighted by atomic mass is 19.1. The monoisotopic (exact) mass is 760 g/mol. The van der Waals surface area contributed by atoms with Crippen LogP contribution in [0.5, 0.6) is 0 Å². The van der Waals surface area contributed by atoms with Crippen LogP contribution >= 0.6 is 0 Å². The molecule has 15 nitrogen and oxygen atoms in total. The van der Waals surface area contributed by atoms with Crippen LogP contribution in [0.4, 0.5) is 26.0 Å². The number of hydrogen-bond acceptors (Lipinski definition) is 10. The molecule has 1 saturated heterocycles. The minimum absolute atomic E-state index is 0.0873. The number of carbonyl (C=O) groups excluding carboxylic acids is 1. The number of anilines is 3. The van der Waals surface area contributed by atoms with Gasteiger partial charge in [0.15, 0.2) is 17.0 Å². The Balaban J connectivity index is 0.943. The highest BCUT2D eigenvalue weighted by Crippen LogP contribution is 2.24. The number of piperazine rings is 1. The van der Waals surface area contributed by atoms with E-state index in [0.29, 0.717) is 62.0 Å². The highest BCUT2D eigenvalue weighted by Gasteiger charge is 2.25. The standard InChI is InChI=1S/C39H34F2N10O5/c1-56-20-19-50-38(54)34-35(51(50)27-11-13-42-14-12-27)45-32(22-43-34)44-25-6-8-26(9-7-25)47-15-17-48(18-16-47)37(53)28-21-24(5-10-29(28)40)23-49-31-4-2-3-30(41)33(31)36(52)46-39(49)55/h2-14,21-22H,15-20,23H2,1H3,(H,44,45)(H,46,52,55). The third-order valence-electron chi connectivity index (χ3n) is 9.70. The Morgan fingerprint density at radius 1 is 0.911 bits per heavy atom.